The summed E-state index contributed by atoms with van der Waals surface area (Å²) in [7, 11) is 3.75. The molecular formula is C14H27N2OP. The van der Waals surface area contributed by atoms with Gasteiger partial charge in [-0.25, -0.2) is 0 Å². The molecule has 0 radical (unpaired) electrons. The molecule has 18 heavy (non-hydrogen) atoms. The minimum absolute atomic E-state index is 0.0411. The molecule has 0 aliphatic rings. The van der Waals surface area contributed by atoms with Crippen LogP contribution in [0.3, 0.4) is 0 Å². The van der Waals surface area contributed by atoms with Crippen LogP contribution in [0.15, 0.2) is 30.3 Å². The van der Waals surface area contributed by atoms with E-state index in [-0.39, 0.29) is 14.0 Å². The lowest BCUT2D eigenvalue weighted by molar-refractivity contribution is 0.0963. The Labute approximate surface area is 113 Å². The molecule has 0 saturated heterocycles. The lowest BCUT2D eigenvalue weighted by Gasteiger charge is -1.96. The summed E-state index contributed by atoms with van der Waals surface area (Å²) >= 11 is 0. The highest BCUT2D eigenvalue weighted by Crippen LogP contribution is 2.13. The summed E-state index contributed by atoms with van der Waals surface area (Å²) in [6.07, 6.45) is 1.25. The SMILES string of the molecule is CCC.CNC(=O)c1ccccc1.CNP(C)C. The van der Waals surface area contributed by atoms with Gasteiger partial charge in [0, 0.05) is 12.6 Å². The first-order chi connectivity index (χ1) is 8.53. The van der Waals surface area contributed by atoms with E-state index in [1.165, 1.54) is 6.42 Å². The van der Waals surface area contributed by atoms with Crippen LogP contribution in [0.2, 0.25) is 0 Å². The first-order valence-electron chi connectivity index (χ1n) is 6.15. The summed E-state index contributed by atoms with van der Waals surface area (Å²) in [5.74, 6) is -0.0411. The Kier molecular flexibility index (Phi) is 15.3. The minimum atomic E-state index is -0.0411. The van der Waals surface area contributed by atoms with Crippen molar-refractivity contribution in [2.75, 3.05) is 27.4 Å². The molecule has 0 atom stereocenters. The van der Waals surface area contributed by atoms with Crippen LogP contribution in [0.4, 0.5) is 0 Å². The molecule has 1 rings (SSSR count). The van der Waals surface area contributed by atoms with Gasteiger partial charge in [0.15, 0.2) is 0 Å². The predicted octanol–water partition coefficient (Wildman–Crippen LogP) is 3.32. The number of hydrogen-bond donors (Lipinski definition) is 2. The molecule has 0 aliphatic heterocycles. The largest absolute Gasteiger partial charge is 0.355 e. The molecule has 4 heteroatoms. The Balaban J connectivity index is 0. The standard InChI is InChI=1S/C8H9NO.C3H10NP.C3H8/c1-9-8(10)7-5-3-2-4-6-7;1-4-5(2)3;1-3-2/h2-6H,1H3,(H,9,10);4H,1-3H3;3H2,1-2H3. The number of carbonyl (C=O) groups excluding carboxylic acids is 1. The Morgan fingerprint density at radius 1 is 1.11 bits per heavy atom. The summed E-state index contributed by atoms with van der Waals surface area (Å²) in [6, 6.07) is 9.11. The minimum Gasteiger partial charge on any atom is -0.355 e. The van der Waals surface area contributed by atoms with Crippen LogP contribution in [-0.4, -0.2) is 33.3 Å². The molecule has 0 spiro atoms. The third kappa shape index (κ3) is 13.1. The Morgan fingerprint density at radius 3 is 1.78 bits per heavy atom. The molecule has 0 heterocycles. The zero-order chi connectivity index (χ0) is 14.4. The van der Waals surface area contributed by atoms with Gasteiger partial charge < -0.3 is 5.32 Å². The Bertz CT molecular complexity index is 289. The van der Waals surface area contributed by atoms with Crippen molar-refractivity contribution in [3.8, 4) is 0 Å². The van der Waals surface area contributed by atoms with Gasteiger partial charge in [-0.1, -0.05) is 38.5 Å². The molecule has 104 valence electrons. The van der Waals surface area contributed by atoms with Crippen molar-refractivity contribution in [3.63, 3.8) is 0 Å². The van der Waals surface area contributed by atoms with Crippen molar-refractivity contribution in [1.82, 2.24) is 10.4 Å². The second-order valence-electron chi connectivity index (χ2n) is 3.77. The van der Waals surface area contributed by atoms with Crippen LogP contribution in [0, 0.1) is 0 Å². The third-order valence-corrected chi connectivity index (χ3v) is 2.60. The molecule has 2 N–H and O–H groups in total. The summed E-state index contributed by atoms with van der Waals surface area (Å²) in [6.45, 7) is 8.60. The first-order valence-corrected chi connectivity index (χ1v) is 8.38. The molecule has 0 aliphatic carbocycles. The average molecular weight is 270 g/mol. The van der Waals surface area contributed by atoms with E-state index in [0.29, 0.717) is 5.56 Å². The van der Waals surface area contributed by atoms with Crippen LogP contribution in [0.25, 0.3) is 0 Å². The second-order valence-corrected chi connectivity index (χ2v) is 6.01. The summed E-state index contributed by atoms with van der Waals surface area (Å²) in [4.78, 5) is 10.9. The maximum Gasteiger partial charge on any atom is 0.251 e. The van der Waals surface area contributed by atoms with E-state index in [1.54, 1.807) is 19.2 Å². The van der Waals surface area contributed by atoms with Crippen LogP contribution < -0.4 is 10.4 Å². The van der Waals surface area contributed by atoms with Gasteiger partial charge in [0.2, 0.25) is 0 Å². The van der Waals surface area contributed by atoms with Crippen LogP contribution in [-0.2, 0) is 0 Å². The normalized spacial score (nSPS) is 8.61. The van der Waals surface area contributed by atoms with Gasteiger partial charge in [0.1, 0.15) is 0 Å². The third-order valence-electron chi connectivity index (χ3n) is 1.71. The lowest BCUT2D eigenvalue weighted by Crippen LogP contribution is -2.17. The quantitative estimate of drug-likeness (QED) is 0.809. The van der Waals surface area contributed by atoms with E-state index in [0.717, 1.165) is 0 Å². The zero-order valence-corrected chi connectivity index (χ0v) is 13.3. The van der Waals surface area contributed by atoms with Crippen molar-refractivity contribution < 1.29 is 4.79 Å². The average Bonchev–Trinajstić information content (AvgIpc) is 2.40. The number of hydrogen-bond acceptors (Lipinski definition) is 2. The summed E-state index contributed by atoms with van der Waals surface area (Å²) < 4.78 is 0. The highest BCUT2D eigenvalue weighted by molar-refractivity contribution is 7.53. The van der Waals surface area contributed by atoms with Crippen molar-refractivity contribution in [2.45, 2.75) is 20.3 Å². The van der Waals surface area contributed by atoms with Crippen molar-refractivity contribution in [1.29, 1.82) is 0 Å². The molecule has 0 saturated carbocycles. The van der Waals surface area contributed by atoms with E-state index in [1.807, 2.05) is 25.2 Å². The van der Waals surface area contributed by atoms with Gasteiger partial charge in [0.25, 0.3) is 5.91 Å². The number of benzene rings is 1. The molecule has 1 aromatic carbocycles. The fourth-order valence-corrected chi connectivity index (χ4v) is 0.734. The van der Waals surface area contributed by atoms with Crippen LogP contribution in [0.1, 0.15) is 30.6 Å². The number of rotatable bonds is 2. The Hall–Kier alpha value is -0.920. The fourth-order valence-electron chi connectivity index (χ4n) is 0.734. The topological polar surface area (TPSA) is 41.1 Å². The Morgan fingerprint density at radius 2 is 1.50 bits per heavy atom. The van der Waals surface area contributed by atoms with Crippen LogP contribution >= 0.6 is 8.07 Å². The molecule has 0 unspecified atom stereocenters. The van der Waals surface area contributed by atoms with E-state index in [9.17, 15) is 4.79 Å². The second kappa shape index (κ2) is 14.1. The highest BCUT2D eigenvalue weighted by atomic mass is 31.1. The van der Waals surface area contributed by atoms with Gasteiger partial charge in [0.05, 0.1) is 0 Å². The molecular weight excluding hydrogens is 243 g/mol. The molecule has 0 aromatic heterocycles. The van der Waals surface area contributed by atoms with E-state index in [4.69, 9.17) is 0 Å². The lowest BCUT2D eigenvalue weighted by atomic mass is 10.2. The van der Waals surface area contributed by atoms with Crippen LogP contribution in [0.5, 0.6) is 0 Å². The first kappa shape index (κ1) is 19.4. The monoisotopic (exact) mass is 270 g/mol. The van der Waals surface area contributed by atoms with Gasteiger partial charge in [-0.2, -0.15) is 0 Å². The number of nitrogens with one attached hydrogen (secondary N) is 2. The van der Waals surface area contributed by atoms with E-state index >= 15 is 0 Å². The van der Waals surface area contributed by atoms with Gasteiger partial charge in [-0.05, 0) is 40.6 Å². The maximum atomic E-state index is 10.9. The van der Waals surface area contributed by atoms with Crippen molar-refractivity contribution in [2.24, 2.45) is 0 Å². The fraction of sp³-hybridized carbons (Fsp3) is 0.500. The van der Waals surface area contributed by atoms with Gasteiger partial charge in [-0.15, -0.1) is 0 Å². The number of carbonyl (C=O) groups is 1. The van der Waals surface area contributed by atoms with Gasteiger partial charge in [-0.3, -0.25) is 9.88 Å². The highest BCUT2D eigenvalue weighted by Gasteiger charge is 1.97. The summed E-state index contributed by atoms with van der Waals surface area (Å²) in [5, 5.41) is 5.63. The molecule has 1 aromatic rings. The smallest absolute Gasteiger partial charge is 0.251 e. The molecule has 0 bridgehead atoms. The number of amides is 1. The van der Waals surface area contributed by atoms with Gasteiger partial charge >= 0.3 is 0 Å². The van der Waals surface area contributed by atoms with E-state index in [2.05, 4.69) is 37.6 Å². The predicted molar refractivity (Wildman–Crippen MR) is 83.6 cm³/mol. The maximum absolute atomic E-state index is 10.9. The zero-order valence-electron chi connectivity index (χ0n) is 12.4. The molecule has 3 nitrogen and oxygen atoms in total. The van der Waals surface area contributed by atoms with E-state index < -0.39 is 0 Å². The molecule has 0 fully saturated rings. The molecule has 1 amide bonds. The van der Waals surface area contributed by atoms with Crippen molar-refractivity contribution in [3.05, 3.63) is 35.9 Å². The summed E-state index contributed by atoms with van der Waals surface area (Å²) in [5.41, 5.74) is 0.699. The van der Waals surface area contributed by atoms with Crippen molar-refractivity contribution >= 4 is 14.0 Å².